The molecule has 1 aromatic carbocycles. The second-order valence-electron chi connectivity index (χ2n) is 5.23. The summed E-state index contributed by atoms with van der Waals surface area (Å²) in [7, 11) is 0. The predicted octanol–water partition coefficient (Wildman–Crippen LogP) is 4.30. The molecule has 0 aliphatic carbocycles. The topological polar surface area (TPSA) is 29.1 Å². The van der Waals surface area contributed by atoms with E-state index in [1.54, 1.807) is 0 Å². The maximum absolute atomic E-state index is 12.1. The van der Waals surface area contributed by atoms with Crippen LogP contribution in [-0.2, 0) is 5.41 Å². The molecule has 0 saturated heterocycles. The zero-order valence-corrected chi connectivity index (χ0v) is 11.7. The van der Waals surface area contributed by atoms with Crippen LogP contribution in [0.5, 0.6) is 0 Å². The Labute approximate surface area is 112 Å². The molecule has 3 heteroatoms. The summed E-state index contributed by atoms with van der Waals surface area (Å²) in [4.78, 5) is 12.8. The van der Waals surface area contributed by atoms with Gasteiger partial charge in [0, 0.05) is 5.69 Å². The Morgan fingerprint density at radius 2 is 1.83 bits per heavy atom. The van der Waals surface area contributed by atoms with Crippen LogP contribution in [-0.4, -0.2) is 5.91 Å². The molecule has 94 valence electrons. The third kappa shape index (κ3) is 2.79. The highest BCUT2D eigenvalue weighted by Gasteiger charge is 2.18. The van der Waals surface area contributed by atoms with E-state index < -0.39 is 0 Å². The summed E-state index contributed by atoms with van der Waals surface area (Å²) >= 11 is 1.45. The van der Waals surface area contributed by atoms with Crippen LogP contribution in [0.2, 0.25) is 0 Å². The molecule has 0 bridgehead atoms. The number of hydrogen-bond acceptors (Lipinski definition) is 2. The van der Waals surface area contributed by atoms with Crippen LogP contribution in [0.4, 0.5) is 5.69 Å². The lowest BCUT2D eigenvalue weighted by Gasteiger charge is -2.22. The lowest BCUT2D eigenvalue weighted by atomic mass is 9.86. The van der Waals surface area contributed by atoms with E-state index >= 15 is 0 Å². The van der Waals surface area contributed by atoms with Crippen LogP contribution in [0.3, 0.4) is 0 Å². The van der Waals surface area contributed by atoms with Gasteiger partial charge in [0.1, 0.15) is 0 Å². The predicted molar refractivity (Wildman–Crippen MR) is 77.4 cm³/mol. The first-order chi connectivity index (χ1) is 8.48. The molecular formula is C15H17NOS. The molecule has 0 aliphatic heterocycles. The highest BCUT2D eigenvalue weighted by atomic mass is 32.1. The molecule has 0 saturated carbocycles. The fourth-order valence-corrected chi connectivity index (χ4v) is 2.46. The number of thiophene rings is 1. The fourth-order valence-electron chi connectivity index (χ4n) is 1.84. The SMILES string of the molecule is CC(C)(C)c1ccccc1NC(=O)c1cccs1. The Kier molecular flexibility index (Phi) is 3.53. The second-order valence-corrected chi connectivity index (χ2v) is 6.17. The molecule has 0 spiro atoms. The van der Waals surface area contributed by atoms with Crippen LogP contribution in [0.15, 0.2) is 41.8 Å². The zero-order chi connectivity index (χ0) is 13.2. The van der Waals surface area contributed by atoms with Gasteiger partial charge in [-0.2, -0.15) is 0 Å². The van der Waals surface area contributed by atoms with Gasteiger partial charge in [0.15, 0.2) is 0 Å². The number of para-hydroxylation sites is 1. The number of rotatable bonds is 2. The Morgan fingerprint density at radius 1 is 1.11 bits per heavy atom. The van der Waals surface area contributed by atoms with Gasteiger partial charge in [0.05, 0.1) is 4.88 Å². The number of benzene rings is 1. The molecule has 18 heavy (non-hydrogen) atoms. The first kappa shape index (κ1) is 12.8. The maximum Gasteiger partial charge on any atom is 0.265 e. The Hall–Kier alpha value is -1.61. The van der Waals surface area contributed by atoms with E-state index in [0.29, 0.717) is 0 Å². The van der Waals surface area contributed by atoms with Crippen LogP contribution < -0.4 is 5.32 Å². The van der Waals surface area contributed by atoms with Crippen molar-refractivity contribution in [3.8, 4) is 0 Å². The molecule has 1 aromatic heterocycles. The van der Waals surface area contributed by atoms with Crippen molar-refractivity contribution < 1.29 is 4.79 Å². The molecule has 2 aromatic rings. The van der Waals surface area contributed by atoms with Crippen molar-refractivity contribution in [2.24, 2.45) is 0 Å². The van der Waals surface area contributed by atoms with Gasteiger partial charge in [-0.15, -0.1) is 11.3 Å². The number of nitrogens with one attached hydrogen (secondary N) is 1. The Morgan fingerprint density at radius 3 is 2.44 bits per heavy atom. The average molecular weight is 259 g/mol. The molecule has 0 fully saturated rings. The summed E-state index contributed by atoms with van der Waals surface area (Å²) in [6.07, 6.45) is 0. The normalized spacial score (nSPS) is 11.3. The first-order valence-electron chi connectivity index (χ1n) is 5.93. The summed E-state index contributed by atoms with van der Waals surface area (Å²) in [5.41, 5.74) is 2.05. The zero-order valence-electron chi connectivity index (χ0n) is 10.9. The van der Waals surface area contributed by atoms with E-state index in [9.17, 15) is 4.79 Å². The molecule has 0 aliphatic rings. The number of carbonyl (C=O) groups excluding carboxylic acids is 1. The van der Waals surface area contributed by atoms with Crippen molar-refractivity contribution >= 4 is 22.9 Å². The highest BCUT2D eigenvalue weighted by molar-refractivity contribution is 7.12. The van der Waals surface area contributed by atoms with Crippen LogP contribution in [0, 0.1) is 0 Å². The Bertz CT molecular complexity index is 538. The Balaban J connectivity index is 2.27. The van der Waals surface area contributed by atoms with Crippen molar-refractivity contribution in [2.75, 3.05) is 5.32 Å². The van der Waals surface area contributed by atoms with Crippen molar-refractivity contribution in [2.45, 2.75) is 26.2 Å². The molecule has 0 radical (unpaired) electrons. The van der Waals surface area contributed by atoms with Crippen molar-refractivity contribution in [1.82, 2.24) is 0 Å². The van der Waals surface area contributed by atoms with Gasteiger partial charge < -0.3 is 5.32 Å². The van der Waals surface area contributed by atoms with Gasteiger partial charge in [0.2, 0.25) is 0 Å². The summed E-state index contributed by atoms with van der Waals surface area (Å²) in [6, 6.07) is 11.7. The number of amides is 1. The van der Waals surface area contributed by atoms with E-state index in [1.165, 1.54) is 11.3 Å². The molecule has 1 amide bonds. The molecular weight excluding hydrogens is 242 g/mol. The molecule has 2 nitrogen and oxygen atoms in total. The lowest BCUT2D eigenvalue weighted by molar-refractivity contribution is 0.103. The standard InChI is InChI=1S/C15H17NOS/c1-15(2,3)11-7-4-5-8-12(11)16-14(17)13-9-6-10-18-13/h4-10H,1-3H3,(H,16,17). The van der Waals surface area contributed by atoms with E-state index in [0.717, 1.165) is 16.1 Å². The molecule has 2 rings (SSSR count). The summed E-state index contributed by atoms with van der Waals surface area (Å²) in [5, 5.41) is 4.90. The van der Waals surface area contributed by atoms with Gasteiger partial charge in [0.25, 0.3) is 5.91 Å². The molecule has 0 atom stereocenters. The minimum atomic E-state index is -0.0401. The monoisotopic (exact) mass is 259 g/mol. The maximum atomic E-state index is 12.1. The number of hydrogen-bond donors (Lipinski definition) is 1. The van der Waals surface area contributed by atoms with Crippen molar-refractivity contribution in [3.05, 3.63) is 52.2 Å². The third-order valence-electron chi connectivity index (χ3n) is 2.73. The summed E-state index contributed by atoms with van der Waals surface area (Å²) < 4.78 is 0. The van der Waals surface area contributed by atoms with E-state index in [2.05, 4.69) is 32.2 Å². The van der Waals surface area contributed by atoms with E-state index in [1.807, 2.05) is 35.7 Å². The van der Waals surface area contributed by atoms with E-state index in [4.69, 9.17) is 0 Å². The highest BCUT2D eigenvalue weighted by Crippen LogP contribution is 2.29. The van der Waals surface area contributed by atoms with Gasteiger partial charge >= 0.3 is 0 Å². The fraction of sp³-hybridized carbons (Fsp3) is 0.267. The number of carbonyl (C=O) groups is 1. The van der Waals surface area contributed by atoms with Crippen LogP contribution >= 0.6 is 11.3 Å². The molecule has 1 heterocycles. The van der Waals surface area contributed by atoms with Gasteiger partial charge in [-0.05, 0) is 28.5 Å². The summed E-state index contributed by atoms with van der Waals surface area (Å²) in [5.74, 6) is -0.0401. The van der Waals surface area contributed by atoms with E-state index in [-0.39, 0.29) is 11.3 Å². The average Bonchev–Trinajstić information content (AvgIpc) is 2.81. The third-order valence-corrected chi connectivity index (χ3v) is 3.60. The van der Waals surface area contributed by atoms with Crippen molar-refractivity contribution in [1.29, 1.82) is 0 Å². The summed E-state index contributed by atoms with van der Waals surface area (Å²) in [6.45, 7) is 6.43. The smallest absolute Gasteiger partial charge is 0.265 e. The van der Waals surface area contributed by atoms with Gasteiger partial charge in [-0.1, -0.05) is 45.0 Å². The van der Waals surface area contributed by atoms with Crippen molar-refractivity contribution in [3.63, 3.8) is 0 Å². The van der Waals surface area contributed by atoms with Gasteiger partial charge in [-0.3, -0.25) is 4.79 Å². The van der Waals surface area contributed by atoms with Gasteiger partial charge in [-0.25, -0.2) is 0 Å². The quantitative estimate of drug-likeness (QED) is 0.856. The first-order valence-corrected chi connectivity index (χ1v) is 6.81. The second kappa shape index (κ2) is 4.94. The minimum Gasteiger partial charge on any atom is -0.321 e. The molecule has 0 unspecified atom stereocenters. The van der Waals surface area contributed by atoms with Crippen LogP contribution in [0.25, 0.3) is 0 Å². The lowest BCUT2D eigenvalue weighted by Crippen LogP contribution is -2.18. The largest absolute Gasteiger partial charge is 0.321 e. The number of anilines is 1. The minimum absolute atomic E-state index is 0.0132. The molecule has 1 N–H and O–H groups in total. The van der Waals surface area contributed by atoms with Crippen LogP contribution in [0.1, 0.15) is 36.0 Å².